The minimum atomic E-state index is 0.129. The lowest BCUT2D eigenvalue weighted by atomic mass is 9.83. The van der Waals surface area contributed by atoms with Crippen molar-refractivity contribution < 1.29 is 5.11 Å². The summed E-state index contributed by atoms with van der Waals surface area (Å²) in [7, 11) is 0. The highest BCUT2D eigenvalue weighted by Gasteiger charge is 2.25. The molecule has 0 saturated heterocycles. The molecule has 1 aliphatic carbocycles. The number of hydrogen-bond acceptors (Lipinski definition) is 2. The Morgan fingerprint density at radius 3 is 2.36 bits per heavy atom. The highest BCUT2D eigenvalue weighted by atomic mass is 16.3. The zero-order valence-electron chi connectivity index (χ0n) is 9.68. The molecule has 1 fully saturated rings. The van der Waals surface area contributed by atoms with Crippen molar-refractivity contribution >= 4 is 0 Å². The van der Waals surface area contributed by atoms with Crippen LogP contribution in [-0.2, 0) is 0 Å². The summed E-state index contributed by atoms with van der Waals surface area (Å²) < 4.78 is 0. The minimum absolute atomic E-state index is 0.129. The summed E-state index contributed by atoms with van der Waals surface area (Å²) in [5, 5.41) is 12.8. The SMILES string of the molecule is CCC(CC)(CO)CNCCC1CC1. The van der Waals surface area contributed by atoms with E-state index in [1.807, 2.05) is 0 Å². The Morgan fingerprint density at radius 2 is 1.93 bits per heavy atom. The number of hydrogen-bond donors (Lipinski definition) is 2. The lowest BCUT2D eigenvalue weighted by molar-refractivity contribution is 0.113. The Morgan fingerprint density at radius 1 is 1.29 bits per heavy atom. The molecule has 1 saturated carbocycles. The first kappa shape index (κ1) is 12.0. The molecule has 2 nitrogen and oxygen atoms in total. The second kappa shape index (κ2) is 5.72. The third kappa shape index (κ3) is 3.58. The lowest BCUT2D eigenvalue weighted by Crippen LogP contribution is -2.37. The van der Waals surface area contributed by atoms with Gasteiger partial charge in [-0.3, -0.25) is 0 Å². The van der Waals surface area contributed by atoms with Crippen LogP contribution >= 0.6 is 0 Å². The molecule has 0 unspecified atom stereocenters. The van der Waals surface area contributed by atoms with Crippen molar-refractivity contribution in [3.05, 3.63) is 0 Å². The molecular formula is C12H25NO. The van der Waals surface area contributed by atoms with Crippen LogP contribution in [-0.4, -0.2) is 24.8 Å². The summed E-state index contributed by atoms with van der Waals surface area (Å²) in [4.78, 5) is 0. The summed E-state index contributed by atoms with van der Waals surface area (Å²) in [5.41, 5.74) is 0.129. The van der Waals surface area contributed by atoms with Gasteiger partial charge in [0.2, 0.25) is 0 Å². The molecule has 1 rings (SSSR count). The average Bonchev–Trinajstić information content (AvgIpc) is 3.03. The van der Waals surface area contributed by atoms with Gasteiger partial charge in [0, 0.05) is 18.6 Å². The molecule has 14 heavy (non-hydrogen) atoms. The van der Waals surface area contributed by atoms with Gasteiger partial charge in [-0.2, -0.15) is 0 Å². The monoisotopic (exact) mass is 199 g/mol. The van der Waals surface area contributed by atoms with E-state index < -0.39 is 0 Å². The van der Waals surface area contributed by atoms with Crippen LogP contribution in [0.2, 0.25) is 0 Å². The van der Waals surface area contributed by atoms with Gasteiger partial charge in [0.1, 0.15) is 0 Å². The van der Waals surface area contributed by atoms with Gasteiger partial charge in [-0.05, 0) is 31.7 Å². The average molecular weight is 199 g/mol. The van der Waals surface area contributed by atoms with Gasteiger partial charge in [-0.1, -0.05) is 26.7 Å². The molecule has 0 aliphatic heterocycles. The third-order valence-electron chi connectivity index (χ3n) is 3.76. The van der Waals surface area contributed by atoms with Crippen LogP contribution in [0.15, 0.2) is 0 Å². The molecule has 0 spiro atoms. The van der Waals surface area contributed by atoms with E-state index in [4.69, 9.17) is 0 Å². The predicted octanol–water partition coefficient (Wildman–Crippen LogP) is 2.17. The maximum atomic E-state index is 9.36. The Balaban J connectivity index is 2.11. The molecule has 2 heteroatoms. The van der Waals surface area contributed by atoms with Gasteiger partial charge >= 0.3 is 0 Å². The van der Waals surface area contributed by atoms with Crippen molar-refractivity contribution in [2.24, 2.45) is 11.3 Å². The van der Waals surface area contributed by atoms with E-state index in [0.717, 1.165) is 31.8 Å². The highest BCUT2D eigenvalue weighted by molar-refractivity contribution is 4.79. The van der Waals surface area contributed by atoms with E-state index >= 15 is 0 Å². The molecule has 0 aromatic heterocycles. The van der Waals surface area contributed by atoms with Crippen molar-refractivity contribution in [1.29, 1.82) is 0 Å². The molecule has 0 heterocycles. The molecule has 0 aromatic rings. The van der Waals surface area contributed by atoms with Gasteiger partial charge in [0.05, 0.1) is 0 Å². The van der Waals surface area contributed by atoms with Crippen LogP contribution < -0.4 is 5.32 Å². The fourth-order valence-electron chi connectivity index (χ4n) is 1.85. The summed E-state index contributed by atoms with van der Waals surface area (Å²) in [6, 6.07) is 0. The van der Waals surface area contributed by atoms with Crippen molar-refractivity contribution in [2.45, 2.75) is 46.0 Å². The number of aliphatic hydroxyl groups excluding tert-OH is 1. The van der Waals surface area contributed by atoms with Crippen molar-refractivity contribution in [1.82, 2.24) is 5.32 Å². The first-order chi connectivity index (χ1) is 6.76. The third-order valence-corrected chi connectivity index (χ3v) is 3.76. The molecule has 0 aromatic carbocycles. The largest absolute Gasteiger partial charge is 0.396 e. The van der Waals surface area contributed by atoms with E-state index in [0.29, 0.717) is 6.61 Å². The summed E-state index contributed by atoms with van der Waals surface area (Å²) in [6.45, 7) is 6.76. The van der Waals surface area contributed by atoms with Gasteiger partial charge in [-0.25, -0.2) is 0 Å². The molecule has 0 bridgehead atoms. The standard InChI is InChI=1S/C12H25NO/c1-3-12(4-2,10-14)9-13-8-7-11-5-6-11/h11,13-14H,3-10H2,1-2H3. The van der Waals surface area contributed by atoms with Crippen LogP contribution in [0.5, 0.6) is 0 Å². The molecule has 0 atom stereocenters. The van der Waals surface area contributed by atoms with Crippen molar-refractivity contribution in [3.8, 4) is 0 Å². The first-order valence-corrected chi connectivity index (χ1v) is 6.08. The Hall–Kier alpha value is -0.0800. The van der Waals surface area contributed by atoms with Crippen LogP contribution in [0.3, 0.4) is 0 Å². The Kier molecular flexibility index (Phi) is 4.90. The van der Waals surface area contributed by atoms with Gasteiger partial charge < -0.3 is 10.4 Å². The fraction of sp³-hybridized carbons (Fsp3) is 1.00. The van der Waals surface area contributed by atoms with Crippen LogP contribution in [0.1, 0.15) is 46.0 Å². The molecule has 0 radical (unpaired) electrons. The predicted molar refractivity (Wildman–Crippen MR) is 60.3 cm³/mol. The van der Waals surface area contributed by atoms with Crippen molar-refractivity contribution in [2.75, 3.05) is 19.7 Å². The van der Waals surface area contributed by atoms with E-state index in [9.17, 15) is 5.11 Å². The highest BCUT2D eigenvalue weighted by Crippen LogP contribution is 2.32. The van der Waals surface area contributed by atoms with Crippen LogP contribution in [0, 0.1) is 11.3 Å². The second-order valence-corrected chi connectivity index (χ2v) is 4.77. The van der Waals surface area contributed by atoms with E-state index in [-0.39, 0.29) is 5.41 Å². The minimum Gasteiger partial charge on any atom is -0.396 e. The summed E-state index contributed by atoms with van der Waals surface area (Å²) in [6.07, 6.45) is 6.34. The topological polar surface area (TPSA) is 32.3 Å². The summed E-state index contributed by atoms with van der Waals surface area (Å²) in [5.74, 6) is 1.01. The molecule has 84 valence electrons. The zero-order chi connectivity index (χ0) is 10.4. The number of nitrogens with one attached hydrogen (secondary N) is 1. The molecular weight excluding hydrogens is 174 g/mol. The van der Waals surface area contributed by atoms with Gasteiger partial charge in [0.15, 0.2) is 0 Å². The van der Waals surface area contributed by atoms with Gasteiger partial charge in [-0.15, -0.1) is 0 Å². The maximum Gasteiger partial charge on any atom is 0.0499 e. The van der Waals surface area contributed by atoms with Crippen LogP contribution in [0.4, 0.5) is 0 Å². The Labute approximate surface area is 88.1 Å². The smallest absolute Gasteiger partial charge is 0.0499 e. The zero-order valence-corrected chi connectivity index (χ0v) is 9.68. The normalized spacial score (nSPS) is 17.4. The number of aliphatic hydroxyl groups is 1. The van der Waals surface area contributed by atoms with E-state index in [1.165, 1.54) is 19.3 Å². The van der Waals surface area contributed by atoms with E-state index in [1.54, 1.807) is 0 Å². The maximum absolute atomic E-state index is 9.36. The van der Waals surface area contributed by atoms with Gasteiger partial charge in [0.25, 0.3) is 0 Å². The van der Waals surface area contributed by atoms with Crippen molar-refractivity contribution in [3.63, 3.8) is 0 Å². The molecule has 2 N–H and O–H groups in total. The number of rotatable bonds is 8. The lowest BCUT2D eigenvalue weighted by Gasteiger charge is -2.29. The fourth-order valence-corrected chi connectivity index (χ4v) is 1.85. The Bertz CT molecular complexity index is 142. The molecule has 1 aliphatic rings. The molecule has 0 amide bonds. The first-order valence-electron chi connectivity index (χ1n) is 6.08. The van der Waals surface area contributed by atoms with Crippen LogP contribution in [0.25, 0.3) is 0 Å². The summed E-state index contributed by atoms with van der Waals surface area (Å²) >= 11 is 0. The second-order valence-electron chi connectivity index (χ2n) is 4.77. The van der Waals surface area contributed by atoms with E-state index in [2.05, 4.69) is 19.2 Å². The quantitative estimate of drug-likeness (QED) is 0.587.